The Labute approximate surface area is 645 Å². The fraction of sp³-hybridized carbons (Fsp3) is 0.590. The molecule has 0 aromatic carbocycles. The minimum absolute atomic E-state index is 0. The lowest BCUT2D eigenvalue weighted by Crippen LogP contribution is -2.32. The van der Waals surface area contributed by atoms with Crippen LogP contribution >= 0.6 is 0 Å². The van der Waals surface area contributed by atoms with Gasteiger partial charge in [-0.15, -0.1) is 0 Å². The van der Waals surface area contributed by atoms with Crippen LogP contribution in [0.4, 0.5) is 0 Å². The number of hydrogen-bond donors (Lipinski definition) is 4. The Morgan fingerprint density at radius 2 is 0.778 bits per heavy atom. The Bertz CT molecular complexity index is 4110. The van der Waals surface area contributed by atoms with Gasteiger partial charge in [0, 0.05) is 75.8 Å². The molecule has 3 amide bonds. The highest BCUT2D eigenvalue weighted by molar-refractivity contribution is 7.92. The second-order valence-electron chi connectivity index (χ2n) is 31.3. The standard InChI is InChI=1S/2C27H38N4O3S.C19H24N4O3S.C8H14O.2CH4/c2*1-5-35(33,34)24-11-10-23(28-15-24)14-30-27(32)21-12-22-17-31(16-20-8-6-19(4)7-9-20)26(18(2)3)25(22)29-13-21;1-4-27(25,26)16-6-5-15(20-11-16)10-23-19(24)14-7-13-8-21-17(12(2)3)18(13)22-9-14;1-7-2-4-8(6-9)5-3-7;;/h2*10-13,15,18-20,26H,5-9,14,16-17H2,1-4H3,(H,30,32);5-7,9,11-12,17,21H,4,8,10H2,1-3H3,(H,23,24);6-8H,2-5H2,1H3;2*1H4/t2*19?,20?,26-;17-;;;/m000.../s1. The van der Waals surface area contributed by atoms with E-state index in [0.717, 1.165) is 109 Å². The van der Waals surface area contributed by atoms with E-state index in [-0.39, 0.29) is 90.2 Å². The van der Waals surface area contributed by atoms with Gasteiger partial charge in [0.05, 0.1) is 121 Å². The summed E-state index contributed by atoms with van der Waals surface area (Å²) < 4.78 is 71.4. The summed E-state index contributed by atoms with van der Waals surface area (Å²) in [6, 6.07) is 16.1. The molecule has 0 radical (unpaired) electrons. The van der Waals surface area contributed by atoms with Crippen molar-refractivity contribution in [3.8, 4) is 0 Å². The molecule has 3 fully saturated rings. The Hall–Kier alpha value is -7.29. The molecule has 3 saturated carbocycles. The summed E-state index contributed by atoms with van der Waals surface area (Å²) in [5, 5.41) is 12.0. The topological polar surface area (TPSA) is 303 Å². The van der Waals surface area contributed by atoms with Crippen LogP contribution in [0.1, 0.15) is 275 Å². The van der Waals surface area contributed by atoms with Crippen LogP contribution in [-0.2, 0) is 73.6 Å². The number of nitrogens with one attached hydrogen (secondary N) is 4. The van der Waals surface area contributed by atoms with Crippen molar-refractivity contribution in [1.29, 1.82) is 0 Å². The average Bonchev–Trinajstić information content (AvgIpc) is 1.64. The van der Waals surface area contributed by atoms with Crippen molar-refractivity contribution < 1.29 is 44.4 Å². The lowest BCUT2D eigenvalue weighted by molar-refractivity contribution is -0.112. The summed E-state index contributed by atoms with van der Waals surface area (Å²) >= 11 is 0. The Balaban J connectivity index is 0.000000212. The zero-order valence-corrected chi connectivity index (χ0v) is 66.8. The van der Waals surface area contributed by atoms with Gasteiger partial charge >= 0.3 is 0 Å². The van der Waals surface area contributed by atoms with Gasteiger partial charge in [-0.05, 0) is 157 Å². The third-order valence-electron chi connectivity index (χ3n) is 22.0. The predicted molar refractivity (Wildman–Crippen MR) is 425 cm³/mol. The largest absolute Gasteiger partial charge is 0.346 e. The number of fused-ring (bicyclic) bond motifs is 3. The maximum atomic E-state index is 12.8. The maximum absolute atomic E-state index is 12.8. The van der Waals surface area contributed by atoms with Crippen LogP contribution in [0.25, 0.3) is 0 Å². The van der Waals surface area contributed by atoms with Crippen LogP contribution < -0.4 is 21.3 Å². The number of hydrogen-bond acceptors (Lipinski definition) is 19. The molecule has 108 heavy (non-hydrogen) atoms. The summed E-state index contributed by atoms with van der Waals surface area (Å²) in [4.78, 5) is 80.6. The maximum Gasteiger partial charge on any atom is 0.253 e. The van der Waals surface area contributed by atoms with Crippen molar-refractivity contribution in [2.45, 2.75) is 247 Å². The second-order valence-corrected chi connectivity index (χ2v) is 38.1. The van der Waals surface area contributed by atoms with Crippen molar-refractivity contribution in [3.63, 3.8) is 0 Å². The van der Waals surface area contributed by atoms with Crippen LogP contribution in [0.5, 0.6) is 0 Å². The SMILES string of the molecule is C.C.CC1CCC(C=O)CC1.CCS(=O)(=O)c1ccc(CNC(=O)c2cnc3c(c2)CN(CC2CCC(C)CC2)[C@H]3C(C)C)nc1.CCS(=O)(=O)c1ccc(CNC(=O)c2cnc3c(c2)CN(CC2CCC(C)CC2)[C@H]3C(C)C)nc1.CCS(=O)(=O)c1ccc(CNC(=O)c2cnc3c(c2)CN[C@H]3C(C)C)nc1. The summed E-state index contributed by atoms with van der Waals surface area (Å²) in [5.41, 5.74) is 9.97. The van der Waals surface area contributed by atoms with Gasteiger partial charge in [0.25, 0.3) is 17.7 Å². The van der Waals surface area contributed by atoms with Gasteiger partial charge in [-0.25, -0.2) is 25.3 Å². The molecule has 0 bridgehead atoms. The number of pyridine rings is 6. The third-order valence-corrected chi connectivity index (χ3v) is 27.2. The summed E-state index contributed by atoms with van der Waals surface area (Å²) in [5.74, 6) is 5.25. The second kappa shape index (κ2) is 40.1. The number of rotatable bonds is 23. The van der Waals surface area contributed by atoms with Crippen LogP contribution in [-0.4, -0.2) is 119 Å². The van der Waals surface area contributed by atoms with Crippen LogP contribution in [0.3, 0.4) is 0 Å². The number of aromatic nitrogens is 6. The van der Waals surface area contributed by atoms with Crippen molar-refractivity contribution in [3.05, 3.63) is 159 Å². The van der Waals surface area contributed by atoms with Gasteiger partial charge < -0.3 is 26.1 Å². The van der Waals surface area contributed by atoms with Crippen LogP contribution in [0, 0.1) is 53.3 Å². The Morgan fingerprint density at radius 1 is 0.454 bits per heavy atom. The minimum atomic E-state index is -3.28. The Kier molecular flexibility index (Phi) is 32.6. The molecule has 0 unspecified atom stereocenters. The highest BCUT2D eigenvalue weighted by Gasteiger charge is 2.38. The molecule has 3 atom stereocenters. The first-order valence-electron chi connectivity index (χ1n) is 38.5. The van der Waals surface area contributed by atoms with Gasteiger partial charge in [0.2, 0.25) is 0 Å². The van der Waals surface area contributed by atoms with E-state index in [2.05, 4.69) is 113 Å². The fourth-order valence-corrected chi connectivity index (χ4v) is 17.8. The van der Waals surface area contributed by atoms with E-state index in [9.17, 15) is 44.4 Å². The number of carbonyl (C=O) groups excluding carboxylic acids is 4. The molecule has 6 aromatic rings. The summed E-state index contributed by atoms with van der Waals surface area (Å²) in [7, 11) is -9.84. The van der Waals surface area contributed by atoms with E-state index >= 15 is 0 Å². The molecular formula is C83H122N12O10S3. The molecule has 6 aromatic heterocycles. The highest BCUT2D eigenvalue weighted by atomic mass is 32.2. The molecule has 592 valence electrons. The smallest absolute Gasteiger partial charge is 0.253 e. The minimum Gasteiger partial charge on any atom is -0.346 e. The molecule has 25 heteroatoms. The van der Waals surface area contributed by atoms with Crippen LogP contribution in [0.2, 0.25) is 0 Å². The van der Waals surface area contributed by atoms with Gasteiger partial charge in [-0.3, -0.25) is 54.1 Å². The van der Waals surface area contributed by atoms with Crippen molar-refractivity contribution in [2.75, 3.05) is 30.3 Å². The van der Waals surface area contributed by atoms with Crippen LogP contribution in [0.15, 0.2) is 106 Å². The van der Waals surface area contributed by atoms with Crippen molar-refractivity contribution >= 4 is 53.5 Å². The number of amides is 3. The molecule has 3 aliphatic carbocycles. The van der Waals surface area contributed by atoms with Crippen molar-refractivity contribution in [2.24, 2.45) is 53.3 Å². The molecule has 12 rings (SSSR count). The normalized spacial score (nSPS) is 21.9. The molecule has 22 nitrogen and oxygen atoms in total. The molecule has 4 N–H and O–H groups in total. The predicted octanol–water partition coefficient (Wildman–Crippen LogP) is 14.4. The molecule has 9 heterocycles. The summed E-state index contributed by atoms with van der Waals surface area (Å²) in [6.07, 6.45) is 25.4. The number of sulfone groups is 3. The van der Waals surface area contributed by atoms with E-state index in [1.807, 2.05) is 18.2 Å². The molecule has 3 aliphatic heterocycles. The fourth-order valence-electron chi connectivity index (χ4n) is 15.3. The van der Waals surface area contributed by atoms with E-state index in [1.165, 1.54) is 101 Å². The monoisotopic (exact) mass is 1540 g/mol. The van der Waals surface area contributed by atoms with E-state index in [4.69, 9.17) is 9.97 Å². The zero-order chi connectivity index (χ0) is 76.6. The Morgan fingerprint density at radius 3 is 1.07 bits per heavy atom. The van der Waals surface area contributed by atoms with E-state index in [1.54, 1.807) is 57.6 Å². The molecule has 6 aliphatic rings. The quantitative estimate of drug-likeness (QED) is 0.0433. The average molecular weight is 1540 g/mol. The molecular weight excluding hydrogens is 1420 g/mol. The van der Waals surface area contributed by atoms with E-state index < -0.39 is 29.5 Å². The van der Waals surface area contributed by atoms with Crippen molar-refractivity contribution in [1.82, 2.24) is 61.0 Å². The van der Waals surface area contributed by atoms with Gasteiger partial charge in [-0.1, -0.05) is 136 Å². The van der Waals surface area contributed by atoms with E-state index in [0.29, 0.717) is 76.1 Å². The number of carbonyl (C=O) groups is 4. The molecule has 0 spiro atoms. The number of aldehydes is 1. The van der Waals surface area contributed by atoms with Gasteiger partial charge in [0.1, 0.15) is 6.29 Å². The first-order valence-corrected chi connectivity index (χ1v) is 43.5. The highest BCUT2D eigenvalue weighted by Crippen LogP contribution is 2.42. The summed E-state index contributed by atoms with van der Waals surface area (Å²) in [6.45, 7) is 30.3. The number of nitrogens with zero attached hydrogens (tertiary/aromatic N) is 8. The lowest BCUT2D eigenvalue weighted by atomic mass is 9.82. The van der Waals surface area contributed by atoms with Gasteiger partial charge in [0.15, 0.2) is 29.5 Å². The molecule has 0 saturated heterocycles. The third kappa shape index (κ3) is 23.4. The first kappa shape index (κ1) is 87.9. The first-order chi connectivity index (χ1) is 50.5. The zero-order valence-electron chi connectivity index (χ0n) is 64.3. The lowest BCUT2D eigenvalue weighted by Gasteiger charge is -2.34. The van der Waals surface area contributed by atoms with Gasteiger partial charge in [-0.2, -0.15) is 0 Å².